The fourth-order valence-electron chi connectivity index (χ4n) is 6.05. The minimum atomic E-state index is -0.359. The van der Waals surface area contributed by atoms with Gasteiger partial charge in [0.2, 0.25) is 0 Å². The molecule has 1 heterocycles. The van der Waals surface area contributed by atoms with Crippen molar-refractivity contribution in [3.05, 3.63) is 44.1 Å². The van der Waals surface area contributed by atoms with Gasteiger partial charge in [0, 0.05) is 21.1 Å². The molecular weight excluding hydrogens is 500 g/mol. The minimum Gasteiger partial charge on any atom is -0.506 e. The van der Waals surface area contributed by atoms with Crippen molar-refractivity contribution in [1.82, 2.24) is 15.6 Å². The number of hydrogen-bond acceptors (Lipinski definition) is 4. The van der Waals surface area contributed by atoms with E-state index in [0.29, 0.717) is 15.7 Å². The number of carbonyl (C=O) groups excluding carboxylic acids is 1. The molecule has 4 saturated carbocycles. The minimum absolute atomic E-state index is 0.0649. The third kappa shape index (κ3) is 3.54. The van der Waals surface area contributed by atoms with Crippen LogP contribution in [0.5, 0.6) is 5.75 Å². The highest BCUT2D eigenvalue weighted by Gasteiger charge is 2.52. The van der Waals surface area contributed by atoms with Crippen molar-refractivity contribution in [3.8, 4) is 5.75 Å². The van der Waals surface area contributed by atoms with E-state index in [4.69, 9.17) is 0 Å². The monoisotopic (exact) mass is 520 g/mol. The SMILES string of the molecule is O=C(N/N=C\c1cc(Br)cc(Br)c1O)c1cc(C23CC4CC(CC(C4)C2)C3)[nH]n1. The maximum Gasteiger partial charge on any atom is 0.291 e. The molecule has 3 N–H and O–H groups in total. The molecule has 0 saturated heterocycles. The lowest BCUT2D eigenvalue weighted by Gasteiger charge is -2.56. The number of nitrogens with zero attached hydrogens (tertiary/aromatic N) is 2. The van der Waals surface area contributed by atoms with E-state index in [1.807, 2.05) is 6.07 Å². The van der Waals surface area contributed by atoms with Crippen molar-refractivity contribution in [1.29, 1.82) is 0 Å². The summed E-state index contributed by atoms with van der Waals surface area (Å²) in [6, 6.07) is 5.36. The Morgan fingerprint density at radius 3 is 2.48 bits per heavy atom. The van der Waals surface area contributed by atoms with Crippen LogP contribution in [0.25, 0.3) is 0 Å². The summed E-state index contributed by atoms with van der Waals surface area (Å²) in [6.45, 7) is 0. The van der Waals surface area contributed by atoms with Crippen molar-refractivity contribution in [2.24, 2.45) is 22.9 Å². The number of aromatic hydroxyl groups is 1. The van der Waals surface area contributed by atoms with Gasteiger partial charge < -0.3 is 5.11 Å². The highest BCUT2D eigenvalue weighted by atomic mass is 79.9. The third-order valence-electron chi connectivity index (χ3n) is 6.85. The summed E-state index contributed by atoms with van der Waals surface area (Å²) in [5, 5.41) is 21.5. The number of aromatic nitrogens is 2. The van der Waals surface area contributed by atoms with Gasteiger partial charge in [0.05, 0.1) is 10.7 Å². The zero-order valence-corrected chi connectivity index (χ0v) is 19.0. The molecule has 29 heavy (non-hydrogen) atoms. The van der Waals surface area contributed by atoms with Gasteiger partial charge in [-0.15, -0.1) is 0 Å². The molecule has 1 aromatic carbocycles. The van der Waals surface area contributed by atoms with E-state index in [1.165, 1.54) is 44.7 Å². The van der Waals surface area contributed by atoms with Crippen LogP contribution in [0, 0.1) is 17.8 Å². The highest BCUT2D eigenvalue weighted by molar-refractivity contribution is 9.11. The van der Waals surface area contributed by atoms with Gasteiger partial charge in [0.15, 0.2) is 5.69 Å². The molecule has 2 aromatic rings. The van der Waals surface area contributed by atoms with Crippen molar-refractivity contribution in [2.45, 2.75) is 43.9 Å². The van der Waals surface area contributed by atoms with Crippen molar-refractivity contribution < 1.29 is 9.90 Å². The zero-order chi connectivity index (χ0) is 20.2. The normalized spacial score (nSPS) is 30.2. The molecule has 1 amide bonds. The van der Waals surface area contributed by atoms with E-state index in [0.717, 1.165) is 27.9 Å². The molecule has 0 aliphatic heterocycles. The lowest BCUT2D eigenvalue weighted by Crippen LogP contribution is -2.48. The first-order chi connectivity index (χ1) is 13.9. The van der Waals surface area contributed by atoms with E-state index in [1.54, 1.807) is 12.1 Å². The number of halogens is 2. The van der Waals surface area contributed by atoms with E-state index in [-0.39, 0.29) is 17.1 Å². The second-order valence-corrected chi connectivity index (χ2v) is 10.7. The van der Waals surface area contributed by atoms with Gasteiger partial charge in [-0.25, -0.2) is 5.43 Å². The number of amides is 1. The lowest BCUT2D eigenvalue weighted by molar-refractivity contribution is -0.00721. The number of rotatable bonds is 4. The van der Waals surface area contributed by atoms with Gasteiger partial charge in [0.1, 0.15) is 5.75 Å². The number of benzene rings is 1. The highest BCUT2D eigenvalue weighted by Crippen LogP contribution is 2.60. The summed E-state index contributed by atoms with van der Waals surface area (Å²) in [7, 11) is 0. The average Bonchev–Trinajstić information content (AvgIpc) is 3.15. The largest absolute Gasteiger partial charge is 0.506 e. The number of aromatic amines is 1. The third-order valence-corrected chi connectivity index (χ3v) is 7.91. The van der Waals surface area contributed by atoms with E-state index < -0.39 is 0 Å². The van der Waals surface area contributed by atoms with Gasteiger partial charge in [0.25, 0.3) is 5.91 Å². The molecule has 4 aliphatic rings. The van der Waals surface area contributed by atoms with E-state index in [2.05, 4.69) is 52.6 Å². The summed E-state index contributed by atoms with van der Waals surface area (Å²) in [4.78, 5) is 12.5. The Bertz CT molecular complexity index is 965. The quantitative estimate of drug-likeness (QED) is 0.396. The van der Waals surface area contributed by atoms with Gasteiger partial charge in [-0.2, -0.15) is 10.2 Å². The number of phenols is 1. The first-order valence-electron chi connectivity index (χ1n) is 9.99. The van der Waals surface area contributed by atoms with Crippen LogP contribution in [0.15, 0.2) is 32.2 Å². The molecule has 6 nitrogen and oxygen atoms in total. The van der Waals surface area contributed by atoms with Gasteiger partial charge in [-0.1, -0.05) is 15.9 Å². The number of nitrogens with one attached hydrogen (secondary N) is 2. The molecule has 1 aromatic heterocycles. The Morgan fingerprint density at radius 2 is 1.83 bits per heavy atom. The van der Waals surface area contributed by atoms with Crippen LogP contribution in [0.1, 0.15) is 60.3 Å². The Labute approximate surface area is 185 Å². The molecule has 0 unspecified atom stereocenters. The van der Waals surface area contributed by atoms with Crippen molar-refractivity contribution in [3.63, 3.8) is 0 Å². The predicted molar refractivity (Wildman–Crippen MR) is 117 cm³/mol. The van der Waals surface area contributed by atoms with E-state index >= 15 is 0 Å². The van der Waals surface area contributed by atoms with Crippen molar-refractivity contribution >= 4 is 44.0 Å². The van der Waals surface area contributed by atoms with Gasteiger partial charge in [-0.3, -0.25) is 9.89 Å². The molecule has 4 fully saturated rings. The average molecular weight is 522 g/mol. The van der Waals surface area contributed by atoms with Crippen LogP contribution in [0.4, 0.5) is 0 Å². The van der Waals surface area contributed by atoms with Crippen LogP contribution in [0.3, 0.4) is 0 Å². The number of H-pyrrole nitrogens is 1. The summed E-state index contributed by atoms with van der Waals surface area (Å²) in [5.74, 6) is 2.22. The van der Waals surface area contributed by atoms with E-state index in [9.17, 15) is 9.90 Å². The lowest BCUT2D eigenvalue weighted by atomic mass is 9.49. The maximum atomic E-state index is 12.5. The first-order valence-corrected chi connectivity index (χ1v) is 11.6. The van der Waals surface area contributed by atoms with Crippen LogP contribution in [-0.2, 0) is 5.41 Å². The zero-order valence-electron chi connectivity index (χ0n) is 15.8. The summed E-state index contributed by atoms with van der Waals surface area (Å²) in [5.41, 5.74) is 4.64. The topological polar surface area (TPSA) is 90.4 Å². The molecule has 0 radical (unpaired) electrons. The van der Waals surface area contributed by atoms with Crippen LogP contribution in [-0.4, -0.2) is 27.4 Å². The van der Waals surface area contributed by atoms with Gasteiger partial charge >= 0.3 is 0 Å². The van der Waals surface area contributed by atoms with Crippen LogP contribution < -0.4 is 5.43 Å². The molecule has 4 aliphatic carbocycles. The number of hydrazone groups is 1. The predicted octanol–water partition coefficient (Wildman–Crippen LogP) is 4.87. The van der Waals surface area contributed by atoms with Gasteiger partial charge in [-0.05, 0) is 90.4 Å². The molecule has 4 bridgehead atoms. The number of phenolic OH excluding ortho intramolecular Hbond substituents is 1. The smallest absolute Gasteiger partial charge is 0.291 e. The maximum absolute atomic E-state index is 12.5. The molecule has 0 spiro atoms. The number of carbonyl (C=O) groups is 1. The summed E-state index contributed by atoms with van der Waals surface area (Å²) in [6.07, 6.45) is 9.22. The molecule has 152 valence electrons. The molecular formula is C21H22Br2N4O2. The molecule has 0 atom stereocenters. The summed E-state index contributed by atoms with van der Waals surface area (Å²) >= 11 is 6.65. The van der Waals surface area contributed by atoms with Crippen molar-refractivity contribution in [2.75, 3.05) is 0 Å². The second kappa shape index (κ2) is 7.23. The standard InChI is InChI=1S/C21H22Br2N4O2/c22-15-4-14(19(28)16(23)5-15)10-24-27-20(29)17-6-18(26-25-17)21-7-11-1-12(8-21)3-13(2-11)9-21/h4-6,10-13,28H,1-3,7-9H2,(H,25,26)(H,27,29)/b24-10-. The summed E-state index contributed by atoms with van der Waals surface area (Å²) < 4.78 is 1.34. The molecule has 8 heteroatoms. The number of hydrogen-bond donors (Lipinski definition) is 3. The van der Waals surface area contributed by atoms with Crippen LogP contribution >= 0.6 is 31.9 Å². The molecule has 6 rings (SSSR count). The Morgan fingerprint density at radius 1 is 1.17 bits per heavy atom. The fraction of sp³-hybridized carbons (Fsp3) is 0.476. The first kappa shape index (κ1) is 19.3. The van der Waals surface area contributed by atoms with Crippen LogP contribution in [0.2, 0.25) is 0 Å². The Hall–Kier alpha value is -1.67. The fourth-order valence-corrected chi connectivity index (χ4v) is 7.31. The Balaban J connectivity index is 1.29. The second-order valence-electron chi connectivity index (χ2n) is 8.89. The Kier molecular flexibility index (Phi) is 4.81.